The average Bonchev–Trinajstić information content (AvgIpc) is 3.14. The van der Waals surface area contributed by atoms with Gasteiger partial charge in [0.25, 0.3) is 10.0 Å². The Labute approximate surface area is 171 Å². The van der Waals surface area contributed by atoms with Crippen molar-refractivity contribution in [2.45, 2.75) is 11.4 Å². The van der Waals surface area contributed by atoms with Gasteiger partial charge in [-0.15, -0.1) is 0 Å². The number of carbonyl (C=O) groups is 1. The van der Waals surface area contributed by atoms with E-state index in [-0.39, 0.29) is 28.3 Å². The van der Waals surface area contributed by atoms with Crippen LogP contribution in [0.1, 0.15) is 11.1 Å². The Morgan fingerprint density at radius 1 is 1.33 bits per heavy atom. The summed E-state index contributed by atoms with van der Waals surface area (Å²) in [6, 6.07) is 8.41. The standard InChI is InChI=1S/C19H17FN4O5S/c1-23(19(25)26)11-13-8-17(16-6-2-4-14(9-22-27)18(16)20)24(12-13)30(28,29)15-5-3-7-21-10-15/h2-10,12,27H,11H2,1H3,(H,25,26)/b22-9-. The predicted molar refractivity (Wildman–Crippen MR) is 106 cm³/mol. The lowest BCUT2D eigenvalue weighted by Crippen LogP contribution is -2.23. The Bertz CT molecular complexity index is 1210. The molecule has 3 aromatic rings. The fraction of sp³-hybridized carbons (Fsp3) is 0.105. The molecule has 0 aliphatic rings. The number of rotatable bonds is 6. The molecule has 2 heterocycles. The molecule has 156 valence electrons. The highest BCUT2D eigenvalue weighted by Gasteiger charge is 2.24. The molecule has 1 amide bonds. The van der Waals surface area contributed by atoms with Crippen molar-refractivity contribution in [2.24, 2.45) is 5.16 Å². The third kappa shape index (κ3) is 4.01. The molecule has 30 heavy (non-hydrogen) atoms. The number of hydrogen-bond acceptors (Lipinski definition) is 6. The second-order valence-corrected chi connectivity index (χ2v) is 8.13. The Hall–Kier alpha value is -3.73. The van der Waals surface area contributed by atoms with Crippen molar-refractivity contribution in [2.75, 3.05) is 7.05 Å². The monoisotopic (exact) mass is 432 g/mol. The molecule has 0 radical (unpaired) electrons. The number of oxime groups is 1. The van der Waals surface area contributed by atoms with Gasteiger partial charge in [-0.3, -0.25) is 4.98 Å². The van der Waals surface area contributed by atoms with Crippen LogP contribution in [0, 0.1) is 5.82 Å². The molecule has 0 fully saturated rings. The molecule has 0 saturated heterocycles. The summed E-state index contributed by atoms with van der Waals surface area (Å²) in [7, 11) is -2.83. The number of carboxylic acid groups (broad SMARTS) is 1. The van der Waals surface area contributed by atoms with Gasteiger partial charge in [-0.25, -0.2) is 21.6 Å². The molecule has 2 N–H and O–H groups in total. The molecule has 0 atom stereocenters. The molecule has 2 aromatic heterocycles. The van der Waals surface area contributed by atoms with Crippen LogP contribution in [0.25, 0.3) is 11.3 Å². The zero-order chi connectivity index (χ0) is 21.9. The fourth-order valence-corrected chi connectivity index (χ4v) is 4.20. The summed E-state index contributed by atoms with van der Waals surface area (Å²) in [6.07, 6.45) is 3.50. The molecule has 0 bridgehead atoms. The lowest BCUT2D eigenvalue weighted by Gasteiger charge is -2.12. The van der Waals surface area contributed by atoms with E-state index in [2.05, 4.69) is 10.1 Å². The van der Waals surface area contributed by atoms with Crippen LogP contribution in [0.2, 0.25) is 0 Å². The maximum atomic E-state index is 15.0. The third-order valence-corrected chi connectivity index (χ3v) is 5.94. The van der Waals surface area contributed by atoms with Crippen molar-refractivity contribution in [1.82, 2.24) is 13.9 Å². The minimum Gasteiger partial charge on any atom is -0.465 e. The molecule has 0 unspecified atom stereocenters. The maximum absolute atomic E-state index is 15.0. The first-order valence-electron chi connectivity index (χ1n) is 8.53. The van der Waals surface area contributed by atoms with Crippen molar-refractivity contribution in [3.8, 4) is 11.3 Å². The first-order chi connectivity index (χ1) is 14.3. The summed E-state index contributed by atoms with van der Waals surface area (Å²) in [4.78, 5) is 15.8. The lowest BCUT2D eigenvalue weighted by molar-refractivity contribution is 0.154. The van der Waals surface area contributed by atoms with Gasteiger partial charge in [0.15, 0.2) is 0 Å². The molecule has 0 aliphatic heterocycles. The number of halogens is 1. The van der Waals surface area contributed by atoms with Crippen LogP contribution in [0.15, 0.2) is 65.0 Å². The summed E-state index contributed by atoms with van der Waals surface area (Å²) < 4.78 is 42.2. The van der Waals surface area contributed by atoms with E-state index in [1.165, 1.54) is 55.8 Å². The minimum atomic E-state index is -4.16. The number of benzene rings is 1. The highest BCUT2D eigenvalue weighted by molar-refractivity contribution is 7.90. The highest BCUT2D eigenvalue weighted by atomic mass is 32.2. The van der Waals surface area contributed by atoms with Crippen LogP contribution >= 0.6 is 0 Å². The van der Waals surface area contributed by atoms with Crippen molar-refractivity contribution in [3.63, 3.8) is 0 Å². The lowest BCUT2D eigenvalue weighted by atomic mass is 10.1. The summed E-state index contributed by atoms with van der Waals surface area (Å²) in [5, 5.41) is 20.6. The van der Waals surface area contributed by atoms with Crippen LogP contribution in [0.3, 0.4) is 0 Å². The van der Waals surface area contributed by atoms with Gasteiger partial charge in [-0.05, 0) is 29.8 Å². The van der Waals surface area contributed by atoms with Crippen molar-refractivity contribution in [1.29, 1.82) is 0 Å². The van der Waals surface area contributed by atoms with Gasteiger partial charge in [-0.1, -0.05) is 17.3 Å². The number of hydrogen-bond donors (Lipinski definition) is 2. The van der Waals surface area contributed by atoms with E-state index in [1.807, 2.05) is 0 Å². The maximum Gasteiger partial charge on any atom is 0.407 e. The Morgan fingerprint density at radius 2 is 2.10 bits per heavy atom. The third-order valence-electron chi connectivity index (χ3n) is 4.28. The quantitative estimate of drug-likeness (QED) is 0.351. The van der Waals surface area contributed by atoms with E-state index in [0.717, 1.165) is 21.3 Å². The van der Waals surface area contributed by atoms with E-state index < -0.39 is 21.9 Å². The predicted octanol–water partition coefficient (Wildman–Crippen LogP) is 2.84. The van der Waals surface area contributed by atoms with Crippen molar-refractivity contribution >= 4 is 22.3 Å². The summed E-state index contributed by atoms with van der Waals surface area (Å²) in [6.45, 7) is -0.114. The van der Waals surface area contributed by atoms with E-state index in [1.54, 1.807) is 0 Å². The zero-order valence-corrected chi connectivity index (χ0v) is 16.5. The van der Waals surface area contributed by atoms with Crippen LogP contribution in [0.4, 0.5) is 9.18 Å². The zero-order valence-electron chi connectivity index (χ0n) is 15.7. The van der Waals surface area contributed by atoms with Gasteiger partial charge < -0.3 is 15.2 Å². The normalized spacial score (nSPS) is 11.7. The fourth-order valence-electron chi connectivity index (χ4n) is 2.84. The molecule has 11 heteroatoms. The van der Waals surface area contributed by atoms with Gasteiger partial charge in [0.05, 0.1) is 18.5 Å². The number of amides is 1. The van der Waals surface area contributed by atoms with Gasteiger partial charge in [0, 0.05) is 36.8 Å². The van der Waals surface area contributed by atoms with E-state index in [9.17, 15) is 17.6 Å². The van der Waals surface area contributed by atoms with Gasteiger partial charge in [-0.2, -0.15) is 0 Å². The number of pyridine rings is 1. The number of nitrogens with zero attached hydrogens (tertiary/aromatic N) is 4. The Morgan fingerprint density at radius 3 is 2.73 bits per heavy atom. The van der Waals surface area contributed by atoms with Crippen molar-refractivity contribution < 1.29 is 27.9 Å². The summed E-state index contributed by atoms with van der Waals surface area (Å²) in [5.41, 5.74) is 0.205. The molecule has 3 rings (SSSR count). The minimum absolute atomic E-state index is 0.0154. The Kier molecular flexibility index (Phi) is 5.83. The second-order valence-electron chi connectivity index (χ2n) is 6.32. The Balaban J connectivity index is 2.23. The topological polar surface area (TPSA) is 125 Å². The van der Waals surface area contributed by atoms with Gasteiger partial charge in [0.1, 0.15) is 10.7 Å². The van der Waals surface area contributed by atoms with Crippen LogP contribution < -0.4 is 0 Å². The molecule has 0 aliphatic carbocycles. The first kappa shape index (κ1) is 21.0. The van der Waals surface area contributed by atoms with Crippen LogP contribution in [0.5, 0.6) is 0 Å². The average molecular weight is 432 g/mol. The molecule has 1 aromatic carbocycles. The summed E-state index contributed by atoms with van der Waals surface area (Å²) in [5.74, 6) is -0.797. The molecular formula is C19H17FN4O5S. The molecule has 0 spiro atoms. The van der Waals surface area contributed by atoms with Gasteiger partial charge >= 0.3 is 6.09 Å². The van der Waals surface area contributed by atoms with Gasteiger partial charge in [0.2, 0.25) is 0 Å². The molecular weight excluding hydrogens is 415 g/mol. The van der Waals surface area contributed by atoms with E-state index in [4.69, 9.17) is 10.3 Å². The largest absolute Gasteiger partial charge is 0.465 e. The number of aromatic nitrogens is 2. The molecule has 0 saturated carbocycles. The van der Waals surface area contributed by atoms with Crippen LogP contribution in [-0.4, -0.2) is 51.9 Å². The smallest absolute Gasteiger partial charge is 0.407 e. The van der Waals surface area contributed by atoms with Crippen LogP contribution in [-0.2, 0) is 16.6 Å². The van der Waals surface area contributed by atoms with E-state index >= 15 is 0 Å². The van der Waals surface area contributed by atoms with Crippen molar-refractivity contribution in [3.05, 3.63) is 71.9 Å². The molecule has 9 nitrogen and oxygen atoms in total. The SMILES string of the molecule is CN(Cc1cc(-c2cccc(/C=N\O)c2F)n(S(=O)(=O)c2cccnc2)c1)C(=O)O. The van der Waals surface area contributed by atoms with E-state index in [0.29, 0.717) is 5.56 Å². The highest BCUT2D eigenvalue weighted by Crippen LogP contribution is 2.30. The first-order valence-corrected chi connectivity index (χ1v) is 9.97. The summed E-state index contributed by atoms with van der Waals surface area (Å²) >= 11 is 0. The second kappa shape index (κ2) is 8.33.